The maximum atomic E-state index is 6.60. The number of fused-ring (bicyclic) bond motifs is 14. The van der Waals surface area contributed by atoms with Gasteiger partial charge in [0.05, 0.1) is 5.41 Å². The van der Waals surface area contributed by atoms with Gasteiger partial charge in [-0.2, -0.15) is 0 Å². The molecule has 8 rings (SSSR count). The first-order valence-corrected chi connectivity index (χ1v) is 12.3. The molecular weight excluding hydrogens is 468 g/mol. The SMILES string of the molecule is Brc1cccc2c1C1(c3ccccc3-2)c2ccccc2-c2c1ccc1c3c(oc21)C=CCC3. The van der Waals surface area contributed by atoms with E-state index in [1.807, 2.05) is 0 Å². The number of aryl methyl sites for hydroxylation is 1. The molecular formula is C31H19BrO. The smallest absolute Gasteiger partial charge is 0.143 e. The molecule has 1 aromatic heterocycles. The molecule has 0 saturated carbocycles. The molecule has 0 amide bonds. The normalized spacial score (nSPS) is 18.8. The van der Waals surface area contributed by atoms with Crippen molar-refractivity contribution in [3.05, 3.63) is 123 Å². The fraction of sp³-hybridized carbons (Fsp3) is 0.0968. The Bertz CT molecular complexity index is 1690. The van der Waals surface area contributed by atoms with Crippen LogP contribution in [-0.2, 0) is 11.8 Å². The number of furan rings is 1. The van der Waals surface area contributed by atoms with Crippen LogP contribution in [0.15, 0.2) is 93.8 Å². The second kappa shape index (κ2) is 6.15. The Labute approximate surface area is 200 Å². The predicted octanol–water partition coefficient (Wildman–Crippen LogP) is 8.50. The van der Waals surface area contributed by atoms with E-state index < -0.39 is 0 Å². The lowest BCUT2D eigenvalue weighted by Gasteiger charge is -2.31. The third-order valence-corrected chi connectivity index (χ3v) is 8.50. The van der Waals surface area contributed by atoms with Crippen LogP contribution in [0.25, 0.3) is 39.3 Å². The van der Waals surface area contributed by atoms with Crippen LogP contribution in [0.3, 0.4) is 0 Å². The van der Waals surface area contributed by atoms with Gasteiger partial charge in [0.15, 0.2) is 0 Å². The quantitative estimate of drug-likeness (QED) is 0.209. The highest BCUT2D eigenvalue weighted by Crippen LogP contribution is 2.65. The van der Waals surface area contributed by atoms with Crippen LogP contribution in [0, 0.1) is 0 Å². The minimum atomic E-state index is -0.352. The summed E-state index contributed by atoms with van der Waals surface area (Å²) in [6.07, 6.45) is 6.49. The number of rotatable bonds is 0. The van der Waals surface area contributed by atoms with Crippen molar-refractivity contribution in [2.45, 2.75) is 18.3 Å². The first-order chi connectivity index (χ1) is 16.3. The van der Waals surface area contributed by atoms with Gasteiger partial charge in [-0.3, -0.25) is 0 Å². The maximum absolute atomic E-state index is 6.60. The molecule has 0 fully saturated rings. The summed E-state index contributed by atoms with van der Waals surface area (Å²) < 4.78 is 7.75. The van der Waals surface area contributed by atoms with Crippen LogP contribution < -0.4 is 0 Å². The Morgan fingerprint density at radius 3 is 2.36 bits per heavy atom. The fourth-order valence-corrected chi connectivity index (χ4v) is 7.33. The fourth-order valence-electron chi connectivity index (χ4n) is 6.66. The summed E-state index contributed by atoms with van der Waals surface area (Å²) in [6.45, 7) is 0. The lowest BCUT2D eigenvalue weighted by Crippen LogP contribution is -2.26. The molecule has 1 spiro atoms. The van der Waals surface area contributed by atoms with Crippen molar-refractivity contribution in [1.29, 1.82) is 0 Å². The van der Waals surface area contributed by atoms with E-state index in [0.717, 1.165) is 28.7 Å². The van der Waals surface area contributed by atoms with E-state index in [4.69, 9.17) is 4.42 Å². The second-order valence-corrected chi connectivity index (χ2v) is 10.1. The Morgan fingerprint density at radius 1 is 0.727 bits per heavy atom. The first-order valence-electron chi connectivity index (χ1n) is 11.5. The maximum Gasteiger partial charge on any atom is 0.143 e. The molecule has 5 aromatic rings. The van der Waals surface area contributed by atoms with Gasteiger partial charge >= 0.3 is 0 Å². The van der Waals surface area contributed by atoms with E-state index in [9.17, 15) is 0 Å². The highest BCUT2D eigenvalue weighted by Gasteiger charge is 2.53. The summed E-state index contributed by atoms with van der Waals surface area (Å²) in [5, 5.41) is 1.26. The molecule has 1 atom stereocenters. The Balaban J connectivity index is 1.60. The van der Waals surface area contributed by atoms with E-state index in [1.165, 1.54) is 55.5 Å². The average Bonchev–Trinajstić information content (AvgIpc) is 3.48. The zero-order valence-corrected chi connectivity index (χ0v) is 19.4. The topological polar surface area (TPSA) is 13.1 Å². The van der Waals surface area contributed by atoms with Crippen molar-refractivity contribution in [2.24, 2.45) is 0 Å². The van der Waals surface area contributed by atoms with Crippen molar-refractivity contribution in [2.75, 3.05) is 0 Å². The van der Waals surface area contributed by atoms with Crippen molar-refractivity contribution in [3.63, 3.8) is 0 Å². The van der Waals surface area contributed by atoms with Gasteiger partial charge in [-0.25, -0.2) is 0 Å². The number of benzene rings is 4. The molecule has 4 aromatic carbocycles. The minimum Gasteiger partial charge on any atom is -0.456 e. The summed E-state index contributed by atoms with van der Waals surface area (Å²) in [7, 11) is 0. The molecule has 0 radical (unpaired) electrons. The average molecular weight is 487 g/mol. The van der Waals surface area contributed by atoms with Gasteiger partial charge in [-0.1, -0.05) is 94.8 Å². The number of halogens is 1. The summed E-state index contributed by atoms with van der Waals surface area (Å²) in [6, 6.07) is 29.1. The number of hydrogen-bond acceptors (Lipinski definition) is 1. The van der Waals surface area contributed by atoms with Gasteiger partial charge in [-0.15, -0.1) is 0 Å². The minimum absolute atomic E-state index is 0.352. The van der Waals surface area contributed by atoms with E-state index >= 15 is 0 Å². The van der Waals surface area contributed by atoms with E-state index in [-0.39, 0.29) is 5.41 Å². The van der Waals surface area contributed by atoms with Gasteiger partial charge in [0.25, 0.3) is 0 Å². The Hall–Kier alpha value is -3.36. The summed E-state index contributed by atoms with van der Waals surface area (Å²) >= 11 is 3.96. The Morgan fingerprint density at radius 2 is 1.48 bits per heavy atom. The van der Waals surface area contributed by atoms with Crippen molar-refractivity contribution >= 4 is 33.0 Å². The summed E-state index contributed by atoms with van der Waals surface area (Å²) in [4.78, 5) is 0. The van der Waals surface area contributed by atoms with E-state index in [2.05, 4.69) is 107 Å². The molecule has 1 nitrogen and oxygen atoms in total. The summed E-state index contributed by atoms with van der Waals surface area (Å²) in [5.74, 6) is 1.02. The number of allylic oxidation sites excluding steroid dienone is 1. The van der Waals surface area contributed by atoms with Crippen LogP contribution in [0.4, 0.5) is 0 Å². The van der Waals surface area contributed by atoms with Crippen LogP contribution in [0.2, 0.25) is 0 Å². The third kappa shape index (κ3) is 2.01. The standard InChI is InChI=1S/C31H19BrO/c32-26-14-7-11-20-18-8-1-4-12-23(18)31(29(20)26)24-13-5-2-10-22(24)28-25(31)17-16-21-19-9-3-6-15-27(19)33-30(21)28/h1-2,4-8,10-17H,3,9H2. The predicted molar refractivity (Wildman–Crippen MR) is 138 cm³/mol. The largest absolute Gasteiger partial charge is 0.456 e. The molecule has 0 saturated heterocycles. The molecule has 0 N–H and O–H groups in total. The van der Waals surface area contributed by atoms with Gasteiger partial charge < -0.3 is 4.42 Å². The zero-order chi connectivity index (χ0) is 21.7. The molecule has 3 aliphatic rings. The van der Waals surface area contributed by atoms with Crippen molar-refractivity contribution < 1.29 is 4.42 Å². The number of hydrogen-bond donors (Lipinski definition) is 0. The van der Waals surface area contributed by atoms with Gasteiger partial charge in [0.1, 0.15) is 11.3 Å². The molecule has 2 heteroatoms. The Kier molecular flexibility index (Phi) is 3.38. The van der Waals surface area contributed by atoms with Crippen LogP contribution in [0.5, 0.6) is 0 Å². The van der Waals surface area contributed by atoms with E-state index in [0.29, 0.717) is 0 Å². The lowest BCUT2D eigenvalue weighted by atomic mass is 9.70. The van der Waals surface area contributed by atoms with Crippen molar-refractivity contribution in [1.82, 2.24) is 0 Å². The van der Waals surface area contributed by atoms with Crippen LogP contribution in [0.1, 0.15) is 40.0 Å². The van der Waals surface area contributed by atoms with Gasteiger partial charge in [0.2, 0.25) is 0 Å². The third-order valence-electron chi connectivity index (χ3n) is 7.84. The van der Waals surface area contributed by atoms with Crippen LogP contribution in [-0.4, -0.2) is 0 Å². The highest BCUT2D eigenvalue weighted by atomic mass is 79.9. The van der Waals surface area contributed by atoms with Crippen molar-refractivity contribution in [3.8, 4) is 22.3 Å². The molecule has 0 aliphatic heterocycles. The molecule has 1 unspecified atom stereocenters. The molecule has 0 bridgehead atoms. The highest BCUT2D eigenvalue weighted by molar-refractivity contribution is 9.10. The molecule has 156 valence electrons. The summed E-state index contributed by atoms with van der Waals surface area (Å²) in [5.41, 5.74) is 12.6. The lowest BCUT2D eigenvalue weighted by molar-refractivity contribution is 0.596. The van der Waals surface area contributed by atoms with Gasteiger partial charge in [-0.05, 0) is 63.9 Å². The monoisotopic (exact) mass is 486 g/mol. The zero-order valence-electron chi connectivity index (χ0n) is 17.9. The van der Waals surface area contributed by atoms with E-state index in [1.54, 1.807) is 0 Å². The second-order valence-electron chi connectivity index (χ2n) is 9.25. The first kappa shape index (κ1) is 18.1. The van der Waals surface area contributed by atoms with Gasteiger partial charge in [0, 0.05) is 21.0 Å². The molecule has 3 aliphatic carbocycles. The molecule has 1 heterocycles. The molecule has 33 heavy (non-hydrogen) atoms. The van der Waals surface area contributed by atoms with Crippen LogP contribution >= 0.6 is 15.9 Å².